The third-order valence-electron chi connectivity index (χ3n) is 3.53. The molecule has 1 heterocycles. The van der Waals surface area contributed by atoms with Crippen LogP contribution in [0.3, 0.4) is 0 Å². The average molecular weight is 365 g/mol. The highest BCUT2D eigenvalue weighted by Crippen LogP contribution is 2.35. The average Bonchev–Trinajstić information content (AvgIpc) is 2.90. The lowest BCUT2D eigenvalue weighted by molar-refractivity contribution is -0.144. The number of rotatable bonds is 5. The number of methoxy groups -OCH3 is 1. The normalized spacial score (nSPS) is 10.8. The summed E-state index contributed by atoms with van der Waals surface area (Å²) in [6, 6.07) is 12.1. The molecular formula is C18H14ClFO3S. The minimum absolute atomic E-state index is 0.0105. The second-order valence-corrected chi connectivity index (χ2v) is 6.66. The van der Waals surface area contributed by atoms with Crippen molar-refractivity contribution in [3.63, 3.8) is 0 Å². The molecule has 0 saturated carbocycles. The van der Waals surface area contributed by atoms with Gasteiger partial charge in [0.1, 0.15) is 6.61 Å². The summed E-state index contributed by atoms with van der Waals surface area (Å²) in [4.78, 5) is 12.8. The third kappa shape index (κ3) is 3.52. The zero-order chi connectivity index (χ0) is 17.1. The van der Waals surface area contributed by atoms with E-state index in [0.29, 0.717) is 10.6 Å². The quantitative estimate of drug-likeness (QED) is 0.598. The molecule has 0 amide bonds. The second-order valence-electron chi connectivity index (χ2n) is 5.14. The molecule has 3 rings (SSSR count). The van der Waals surface area contributed by atoms with Crippen LogP contribution in [0, 0.1) is 5.82 Å². The van der Waals surface area contributed by atoms with Crippen LogP contribution >= 0.6 is 22.9 Å². The van der Waals surface area contributed by atoms with E-state index in [0.717, 1.165) is 15.0 Å². The van der Waals surface area contributed by atoms with E-state index < -0.39 is 11.8 Å². The van der Waals surface area contributed by atoms with E-state index in [4.69, 9.17) is 21.1 Å². The van der Waals surface area contributed by atoms with Crippen LogP contribution in [-0.2, 0) is 22.6 Å². The molecule has 0 spiro atoms. The van der Waals surface area contributed by atoms with Gasteiger partial charge in [-0.3, -0.25) is 4.79 Å². The number of thiophene rings is 1. The maximum Gasteiger partial charge on any atom is 0.310 e. The fourth-order valence-corrected chi connectivity index (χ4v) is 3.74. The van der Waals surface area contributed by atoms with Crippen LogP contribution in [0.15, 0.2) is 42.5 Å². The van der Waals surface area contributed by atoms with Crippen LogP contribution < -0.4 is 4.74 Å². The largest absolute Gasteiger partial charge is 0.494 e. The van der Waals surface area contributed by atoms with Gasteiger partial charge in [0.15, 0.2) is 11.6 Å². The van der Waals surface area contributed by atoms with Crippen molar-refractivity contribution in [3.8, 4) is 5.75 Å². The number of hydrogen-bond acceptors (Lipinski definition) is 4. The van der Waals surface area contributed by atoms with Crippen LogP contribution in [-0.4, -0.2) is 13.1 Å². The molecule has 0 saturated heterocycles. The minimum Gasteiger partial charge on any atom is -0.494 e. The van der Waals surface area contributed by atoms with Gasteiger partial charge in [-0.2, -0.15) is 0 Å². The van der Waals surface area contributed by atoms with Gasteiger partial charge >= 0.3 is 5.97 Å². The Kier molecular flexibility index (Phi) is 5.02. The van der Waals surface area contributed by atoms with Crippen molar-refractivity contribution < 1.29 is 18.7 Å². The van der Waals surface area contributed by atoms with Crippen molar-refractivity contribution in [1.82, 2.24) is 0 Å². The van der Waals surface area contributed by atoms with Crippen molar-refractivity contribution in [3.05, 3.63) is 63.7 Å². The highest BCUT2D eigenvalue weighted by molar-refractivity contribution is 7.19. The molecule has 124 valence electrons. The first-order valence-electron chi connectivity index (χ1n) is 7.22. The number of ether oxygens (including phenoxy) is 2. The number of benzene rings is 2. The zero-order valence-corrected chi connectivity index (χ0v) is 14.4. The molecule has 0 N–H and O–H groups in total. The first kappa shape index (κ1) is 16.7. The predicted octanol–water partition coefficient (Wildman–Crippen LogP) is 4.99. The van der Waals surface area contributed by atoms with Gasteiger partial charge < -0.3 is 9.47 Å². The van der Waals surface area contributed by atoms with Crippen molar-refractivity contribution >= 4 is 39.0 Å². The summed E-state index contributed by atoms with van der Waals surface area (Å²) < 4.78 is 24.8. The summed E-state index contributed by atoms with van der Waals surface area (Å²) in [5.41, 5.74) is 0.528. The van der Waals surface area contributed by atoms with Crippen molar-refractivity contribution in [2.45, 2.75) is 13.0 Å². The van der Waals surface area contributed by atoms with E-state index in [-0.39, 0.29) is 18.8 Å². The standard InChI is InChI=1S/C18H14ClFO3S/c1-22-14-7-6-11(8-13(14)20)9-17(21)23-10-16-18(19)12-4-2-3-5-15(12)24-16/h2-8H,9-10H2,1H3. The van der Waals surface area contributed by atoms with Gasteiger partial charge in [0.2, 0.25) is 0 Å². The molecule has 6 heteroatoms. The van der Waals surface area contributed by atoms with Gasteiger partial charge in [0.25, 0.3) is 0 Å². The lowest BCUT2D eigenvalue weighted by atomic mass is 10.1. The van der Waals surface area contributed by atoms with Gasteiger partial charge in [-0.15, -0.1) is 11.3 Å². The maximum absolute atomic E-state index is 13.6. The van der Waals surface area contributed by atoms with Gasteiger partial charge in [-0.05, 0) is 23.8 Å². The molecule has 0 radical (unpaired) electrons. The van der Waals surface area contributed by atoms with E-state index >= 15 is 0 Å². The number of carbonyl (C=O) groups excluding carboxylic acids is 1. The first-order chi connectivity index (χ1) is 11.6. The molecule has 24 heavy (non-hydrogen) atoms. The number of fused-ring (bicyclic) bond motifs is 1. The molecule has 0 bridgehead atoms. The van der Waals surface area contributed by atoms with Crippen molar-refractivity contribution in [1.29, 1.82) is 0 Å². The molecule has 3 nitrogen and oxygen atoms in total. The SMILES string of the molecule is COc1ccc(CC(=O)OCc2sc3ccccc3c2Cl)cc1F. The summed E-state index contributed by atoms with van der Waals surface area (Å²) in [5.74, 6) is -0.799. The van der Waals surface area contributed by atoms with Gasteiger partial charge in [-0.25, -0.2) is 4.39 Å². The molecule has 3 aromatic rings. The van der Waals surface area contributed by atoms with Gasteiger partial charge in [0, 0.05) is 10.1 Å². The molecule has 0 fully saturated rings. The van der Waals surface area contributed by atoms with Crippen molar-refractivity contribution in [2.24, 2.45) is 0 Å². The minimum atomic E-state index is -0.504. The highest BCUT2D eigenvalue weighted by atomic mass is 35.5. The van der Waals surface area contributed by atoms with Gasteiger partial charge in [-0.1, -0.05) is 35.9 Å². The highest BCUT2D eigenvalue weighted by Gasteiger charge is 2.13. The topological polar surface area (TPSA) is 35.5 Å². The van der Waals surface area contributed by atoms with Gasteiger partial charge in [0.05, 0.1) is 23.4 Å². The molecule has 2 aromatic carbocycles. The number of esters is 1. The Hall–Kier alpha value is -2.11. The van der Waals surface area contributed by atoms with Crippen LogP contribution in [0.5, 0.6) is 5.75 Å². The van der Waals surface area contributed by atoms with Crippen LogP contribution in [0.25, 0.3) is 10.1 Å². The second kappa shape index (κ2) is 7.20. The summed E-state index contributed by atoms with van der Waals surface area (Å²) >= 11 is 7.80. The number of hydrogen-bond donors (Lipinski definition) is 0. The van der Waals surface area contributed by atoms with E-state index in [1.54, 1.807) is 6.07 Å². The Morgan fingerprint density at radius 3 is 2.75 bits per heavy atom. The predicted molar refractivity (Wildman–Crippen MR) is 93.3 cm³/mol. The van der Waals surface area contributed by atoms with Crippen LogP contribution in [0.2, 0.25) is 5.02 Å². The van der Waals surface area contributed by atoms with Crippen LogP contribution in [0.1, 0.15) is 10.4 Å². The lowest BCUT2D eigenvalue weighted by Crippen LogP contribution is -2.08. The van der Waals surface area contributed by atoms with E-state index in [1.165, 1.54) is 30.6 Å². The monoisotopic (exact) mass is 364 g/mol. The fourth-order valence-electron chi connectivity index (χ4n) is 2.34. The number of carbonyl (C=O) groups is 1. The molecular weight excluding hydrogens is 351 g/mol. The van der Waals surface area contributed by atoms with Crippen LogP contribution in [0.4, 0.5) is 4.39 Å². The lowest BCUT2D eigenvalue weighted by Gasteiger charge is -2.06. The Bertz CT molecular complexity index is 891. The summed E-state index contributed by atoms with van der Waals surface area (Å²) in [5, 5.41) is 1.56. The maximum atomic E-state index is 13.6. The van der Waals surface area contributed by atoms with Crippen molar-refractivity contribution in [2.75, 3.05) is 7.11 Å². The smallest absolute Gasteiger partial charge is 0.310 e. The Balaban J connectivity index is 1.64. The Labute approximate surface area is 147 Å². The fraction of sp³-hybridized carbons (Fsp3) is 0.167. The number of halogens is 2. The summed E-state index contributed by atoms with van der Waals surface area (Å²) in [7, 11) is 1.39. The molecule has 1 aromatic heterocycles. The molecule has 0 aliphatic carbocycles. The summed E-state index contributed by atoms with van der Waals surface area (Å²) in [6.07, 6.45) is -0.0105. The molecule has 0 atom stereocenters. The summed E-state index contributed by atoms with van der Waals surface area (Å²) in [6.45, 7) is 0.107. The van der Waals surface area contributed by atoms with E-state index in [2.05, 4.69) is 0 Å². The molecule has 0 aliphatic rings. The Morgan fingerprint density at radius 1 is 1.25 bits per heavy atom. The zero-order valence-electron chi connectivity index (χ0n) is 12.8. The van der Waals surface area contributed by atoms with E-state index in [9.17, 15) is 9.18 Å². The third-order valence-corrected chi connectivity index (χ3v) is 5.22. The Morgan fingerprint density at radius 2 is 2.04 bits per heavy atom. The molecule has 0 unspecified atom stereocenters. The van der Waals surface area contributed by atoms with E-state index in [1.807, 2.05) is 24.3 Å². The molecule has 0 aliphatic heterocycles. The first-order valence-corrected chi connectivity index (χ1v) is 8.42.